The summed E-state index contributed by atoms with van der Waals surface area (Å²) in [5.41, 5.74) is -0.448. The molecule has 28 heavy (non-hydrogen) atoms. The Morgan fingerprint density at radius 3 is 2.68 bits per heavy atom. The molecule has 0 spiro atoms. The summed E-state index contributed by atoms with van der Waals surface area (Å²) in [6.45, 7) is 4.20. The molecule has 0 unspecified atom stereocenters. The van der Waals surface area contributed by atoms with E-state index in [1.165, 1.54) is 0 Å². The molecule has 6 nitrogen and oxygen atoms in total. The Labute approximate surface area is 164 Å². The Kier molecular flexibility index (Phi) is 4.57. The van der Waals surface area contributed by atoms with Crippen LogP contribution in [-0.4, -0.2) is 46.8 Å². The summed E-state index contributed by atoms with van der Waals surface area (Å²) in [5.74, 6) is -0.551. The minimum atomic E-state index is -1.19. The lowest BCUT2D eigenvalue weighted by molar-refractivity contribution is -0.140. The van der Waals surface area contributed by atoms with Crippen molar-refractivity contribution in [2.24, 2.45) is 0 Å². The fourth-order valence-electron chi connectivity index (χ4n) is 4.38. The Balaban J connectivity index is 1.62. The first kappa shape index (κ1) is 18.5. The predicted molar refractivity (Wildman–Crippen MR) is 107 cm³/mol. The predicted octanol–water partition coefficient (Wildman–Crippen LogP) is 3.01. The molecule has 2 aliphatic heterocycles. The second-order valence-electron chi connectivity index (χ2n) is 7.91. The minimum Gasteiger partial charge on any atom is -0.338 e. The molecule has 0 aliphatic carbocycles. The number of amides is 4. The lowest BCUT2D eigenvalue weighted by atomic mass is 9.88. The van der Waals surface area contributed by atoms with Gasteiger partial charge in [-0.1, -0.05) is 42.5 Å². The fourth-order valence-corrected chi connectivity index (χ4v) is 4.38. The van der Waals surface area contributed by atoms with Crippen molar-refractivity contribution in [3.63, 3.8) is 0 Å². The summed E-state index contributed by atoms with van der Waals surface area (Å²) < 4.78 is 0. The van der Waals surface area contributed by atoms with E-state index in [0.717, 1.165) is 40.5 Å². The maximum absolute atomic E-state index is 13.3. The number of likely N-dealkylation sites (tertiary alicyclic amines) is 1. The number of piperidine rings is 1. The van der Waals surface area contributed by atoms with Crippen LogP contribution in [0.5, 0.6) is 0 Å². The number of carbonyl (C=O) groups excluding carboxylic acids is 3. The van der Waals surface area contributed by atoms with E-state index in [4.69, 9.17) is 0 Å². The zero-order valence-electron chi connectivity index (χ0n) is 16.3. The summed E-state index contributed by atoms with van der Waals surface area (Å²) in [7, 11) is 0. The highest BCUT2D eigenvalue weighted by molar-refractivity contribution is 6.10. The second kappa shape index (κ2) is 6.93. The van der Waals surface area contributed by atoms with Crippen LogP contribution in [0.25, 0.3) is 10.8 Å². The van der Waals surface area contributed by atoms with Crippen LogP contribution in [0, 0.1) is 0 Å². The van der Waals surface area contributed by atoms with Gasteiger partial charge in [-0.2, -0.15) is 0 Å². The van der Waals surface area contributed by atoms with Crippen LogP contribution < -0.4 is 5.32 Å². The molecular weight excluding hydrogens is 354 g/mol. The summed E-state index contributed by atoms with van der Waals surface area (Å²) in [4.78, 5) is 41.5. The molecule has 4 amide bonds. The van der Waals surface area contributed by atoms with Crippen LogP contribution in [0.15, 0.2) is 42.5 Å². The third-order valence-electron chi connectivity index (χ3n) is 6.02. The van der Waals surface area contributed by atoms with Crippen molar-refractivity contribution in [2.45, 2.75) is 44.7 Å². The standard InChI is InChI=1S/C22H25N3O3/c1-15-8-5-6-13-24(15)19(26)14-25-20(27)22(2,23-21(25)28)18-12-7-10-16-9-3-4-11-17(16)18/h3-4,7,9-12,15H,5-6,8,13-14H2,1-2H3,(H,23,28)/t15-,22-/m0/s1. The first-order valence-corrected chi connectivity index (χ1v) is 9.83. The van der Waals surface area contributed by atoms with E-state index in [-0.39, 0.29) is 24.4 Å². The molecule has 2 heterocycles. The molecular formula is C22H25N3O3. The third kappa shape index (κ3) is 2.93. The van der Waals surface area contributed by atoms with Gasteiger partial charge < -0.3 is 10.2 Å². The van der Waals surface area contributed by atoms with Crippen LogP contribution in [0.3, 0.4) is 0 Å². The number of hydrogen-bond donors (Lipinski definition) is 1. The van der Waals surface area contributed by atoms with Crippen LogP contribution >= 0.6 is 0 Å². The molecule has 0 saturated carbocycles. The van der Waals surface area contributed by atoms with Crippen molar-refractivity contribution < 1.29 is 14.4 Å². The molecule has 0 aromatic heterocycles. The number of fused-ring (bicyclic) bond motifs is 1. The quantitative estimate of drug-likeness (QED) is 0.834. The molecule has 2 saturated heterocycles. The van der Waals surface area contributed by atoms with Gasteiger partial charge >= 0.3 is 6.03 Å². The number of rotatable bonds is 3. The number of nitrogens with zero attached hydrogens (tertiary/aromatic N) is 2. The van der Waals surface area contributed by atoms with E-state index in [1.54, 1.807) is 11.8 Å². The topological polar surface area (TPSA) is 69.7 Å². The molecule has 2 aromatic carbocycles. The number of carbonyl (C=O) groups is 3. The van der Waals surface area contributed by atoms with Crippen molar-refractivity contribution in [3.05, 3.63) is 48.0 Å². The van der Waals surface area contributed by atoms with Gasteiger partial charge in [-0.05, 0) is 49.4 Å². The number of urea groups is 1. The van der Waals surface area contributed by atoms with Crippen molar-refractivity contribution in [1.29, 1.82) is 0 Å². The lowest BCUT2D eigenvalue weighted by Gasteiger charge is -2.34. The Bertz CT molecular complexity index is 952. The van der Waals surface area contributed by atoms with Crippen molar-refractivity contribution in [3.8, 4) is 0 Å². The summed E-state index contributed by atoms with van der Waals surface area (Å²) in [6, 6.07) is 13.1. The lowest BCUT2D eigenvalue weighted by Crippen LogP contribution is -2.48. The van der Waals surface area contributed by atoms with E-state index in [0.29, 0.717) is 6.54 Å². The number of hydrogen-bond acceptors (Lipinski definition) is 3. The SMILES string of the molecule is C[C@H]1CCCCN1C(=O)CN1C(=O)N[C@@](C)(c2cccc3ccccc23)C1=O. The van der Waals surface area contributed by atoms with Crippen LogP contribution in [0.4, 0.5) is 4.79 Å². The maximum Gasteiger partial charge on any atom is 0.325 e. The van der Waals surface area contributed by atoms with Crippen LogP contribution in [0.2, 0.25) is 0 Å². The molecule has 6 heteroatoms. The largest absolute Gasteiger partial charge is 0.338 e. The van der Waals surface area contributed by atoms with Gasteiger partial charge in [0.15, 0.2) is 0 Å². The van der Waals surface area contributed by atoms with E-state index < -0.39 is 11.6 Å². The highest BCUT2D eigenvalue weighted by Crippen LogP contribution is 2.34. The van der Waals surface area contributed by atoms with Gasteiger partial charge in [0.25, 0.3) is 5.91 Å². The summed E-state index contributed by atoms with van der Waals surface area (Å²) in [5, 5.41) is 4.74. The van der Waals surface area contributed by atoms with Crippen molar-refractivity contribution >= 4 is 28.6 Å². The Morgan fingerprint density at radius 2 is 1.89 bits per heavy atom. The highest BCUT2D eigenvalue weighted by Gasteiger charge is 2.50. The summed E-state index contributed by atoms with van der Waals surface area (Å²) >= 11 is 0. The van der Waals surface area contributed by atoms with E-state index in [1.807, 2.05) is 49.4 Å². The molecule has 0 radical (unpaired) electrons. The molecule has 2 aromatic rings. The Morgan fingerprint density at radius 1 is 1.14 bits per heavy atom. The smallest absolute Gasteiger partial charge is 0.325 e. The molecule has 2 atom stereocenters. The number of nitrogens with one attached hydrogen (secondary N) is 1. The second-order valence-corrected chi connectivity index (χ2v) is 7.91. The normalized spacial score (nSPS) is 25.3. The average Bonchev–Trinajstić information content (AvgIpc) is 2.91. The van der Waals surface area contributed by atoms with Gasteiger partial charge in [0.2, 0.25) is 5.91 Å². The number of imide groups is 1. The maximum atomic E-state index is 13.3. The van der Waals surface area contributed by atoms with Gasteiger partial charge in [0.1, 0.15) is 12.1 Å². The van der Waals surface area contributed by atoms with E-state index in [9.17, 15) is 14.4 Å². The first-order chi connectivity index (χ1) is 13.4. The minimum absolute atomic E-state index is 0.145. The highest BCUT2D eigenvalue weighted by atomic mass is 16.2. The molecule has 4 rings (SSSR count). The number of benzene rings is 2. The molecule has 146 valence electrons. The van der Waals surface area contributed by atoms with Crippen molar-refractivity contribution in [1.82, 2.24) is 15.1 Å². The molecule has 2 fully saturated rings. The van der Waals surface area contributed by atoms with Crippen molar-refractivity contribution in [2.75, 3.05) is 13.1 Å². The Hall–Kier alpha value is -2.89. The summed E-state index contributed by atoms with van der Waals surface area (Å²) in [6.07, 6.45) is 3.02. The van der Waals surface area contributed by atoms with Gasteiger partial charge in [-0.25, -0.2) is 4.79 Å². The first-order valence-electron chi connectivity index (χ1n) is 9.83. The van der Waals surface area contributed by atoms with Crippen LogP contribution in [0.1, 0.15) is 38.7 Å². The zero-order valence-corrected chi connectivity index (χ0v) is 16.3. The molecule has 2 aliphatic rings. The average molecular weight is 379 g/mol. The van der Waals surface area contributed by atoms with Gasteiger partial charge in [0, 0.05) is 12.6 Å². The van der Waals surface area contributed by atoms with E-state index >= 15 is 0 Å². The third-order valence-corrected chi connectivity index (χ3v) is 6.02. The van der Waals surface area contributed by atoms with Gasteiger partial charge in [-0.15, -0.1) is 0 Å². The zero-order chi connectivity index (χ0) is 19.9. The van der Waals surface area contributed by atoms with Gasteiger partial charge in [-0.3, -0.25) is 14.5 Å². The fraction of sp³-hybridized carbons (Fsp3) is 0.409. The monoisotopic (exact) mass is 379 g/mol. The van der Waals surface area contributed by atoms with Gasteiger partial charge in [0.05, 0.1) is 0 Å². The van der Waals surface area contributed by atoms with E-state index in [2.05, 4.69) is 5.32 Å². The molecule has 1 N–H and O–H groups in total. The van der Waals surface area contributed by atoms with Crippen LogP contribution in [-0.2, 0) is 15.1 Å². The molecule has 0 bridgehead atoms.